The second-order valence-electron chi connectivity index (χ2n) is 5.81. The van der Waals surface area contributed by atoms with Crippen molar-refractivity contribution in [3.05, 3.63) is 12.4 Å². The number of carboxylic acid groups (broad SMARTS) is 1. The molecule has 0 bridgehead atoms. The van der Waals surface area contributed by atoms with Gasteiger partial charge in [-0.15, -0.1) is 0 Å². The number of carboxylic acids is 1. The van der Waals surface area contributed by atoms with E-state index in [1.165, 1.54) is 19.5 Å². The number of nitrogens with zero attached hydrogens (tertiary/aromatic N) is 3. The fraction of sp³-hybridized carbons (Fsp3) is 0.571. The summed E-state index contributed by atoms with van der Waals surface area (Å²) in [5, 5.41) is 12.1. The van der Waals surface area contributed by atoms with Crippen LogP contribution < -0.4 is 10.1 Å². The van der Waals surface area contributed by atoms with E-state index in [0.717, 1.165) is 12.8 Å². The van der Waals surface area contributed by atoms with E-state index in [1.807, 2.05) is 0 Å². The number of carbonyl (C=O) groups is 2. The Balaban J connectivity index is 1.67. The van der Waals surface area contributed by atoms with Crippen molar-refractivity contribution < 1.29 is 19.4 Å². The maximum atomic E-state index is 12.3. The molecule has 0 spiro atoms. The second kappa shape index (κ2) is 5.43. The molecule has 1 aliphatic carbocycles. The molecule has 0 radical (unpaired) electrons. The summed E-state index contributed by atoms with van der Waals surface area (Å²) >= 11 is 0. The molecule has 22 heavy (non-hydrogen) atoms. The molecule has 2 amide bonds. The van der Waals surface area contributed by atoms with Crippen LogP contribution in [0.4, 0.5) is 10.7 Å². The maximum Gasteiger partial charge on any atom is 0.324 e. The lowest BCUT2D eigenvalue weighted by atomic mass is 9.81. The average Bonchev–Trinajstić information content (AvgIpc) is 3.06. The Kier molecular flexibility index (Phi) is 3.59. The van der Waals surface area contributed by atoms with Gasteiger partial charge in [0.1, 0.15) is 0 Å². The van der Waals surface area contributed by atoms with E-state index in [9.17, 15) is 14.7 Å². The quantitative estimate of drug-likeness (QED) is 0.869. The summed E-state index contributed by atoms with van der Waals surface area (Å²) in [4.78, 5) is 33.4. The number of carbonyl (C=O) groups excluding carboxylic acids is 1. The van der Waals surface area contributed by atoms with Crippen molar-refractivity contribution in [1.29, 1.82) is 0 Å². The zero-order valence-corrected chi connectivity index (χ0v) is 12.3. The van der Waals surface area contributed by atoms with E-state index in [-0.39, 0.29) is 24.4 Å². The van der Waals surface area contributed by atoms with Crippen LogP contribution in [0.2, 0.25) is 0 Å². The maximum absolute atomic E-state index is 12.3. The van der Waals surface area contributed by atoms with Crippen LogP contribution >= 0.6 is 0 Å². The third-order valence-corrected chi connectivity index (χ3v) is 4.67. The first-order valence-corrected chi connectivity index (χ1v) is 7.20. The standard InChI is InChI=1S/C14H18N4O4/c1-22-10-5-15-12(16-6-10)17-13(21)18-7-9-3-2-4-14(9,8-18)11(19)20/h5-6,9H,2-4,7-8H2,1H3,(H,19,20)(H,15,16,17,21)/t9-,14+/m0/s1. The van der Waals surface area contributed by atoms with Gasteiger partial charge in [-0.1, -0.05) is 6.42 Å². The van der Waals surface area contributed by atoms with E-state index in [4.69, 9.17) is 4.74 Å². The van der Waals surface area contributed by atoms with E-state index >= 15 is 0 Å². The monoisotopic (exact) mass is 306 g/mol. The molecule has 1 aromatic rings. The van der Waals surface area contributed by atoms with Crippen molar-refractivity contribution in [2.45, 2.75) is 19.3 Å². The van der Waals surface area contributed by atoms with Crippen molar-refractivity contribution in [1.82, 2.24) is 14.9 Å². The lowest BCUT2D eigenvalue weighted by Crippen LogP contribution is -2.39. The van der Waals surface area contributed by atoms with E-state index < -0.39 is 11.4 Å². The molecule has 2 aliphatic rings. The SMILES string of the molecule is COc1cnc(NC(=O)N2C[C@@H]3CCC[C@@]3(C(=O)O)C2)nc1. The number of hydrogen-bond acceptors (Lipinski definition) is 5. The van der Waals surface area contributed by atoms with Crippen molar-refractivity contribution in [3.63, 3.8) is 0 Å². The zero-order chi connectivity index (χ0) is 15.7. The van der Waals surface area contributed by atoms with Gasteiger partial charge in [-0.3, -0.25) is 10.1 Å². The Labute approximate surface area is 127 Å². The number of aromatic nitrogens is 2. The summed E-state index contributed by atoms with van der Waals surface area (Å²) < 4.78 is 4.95. The minimum atomic E-state index is -0.800. The molecule has 118 valence electrons. The van der Waals surface area contributed by atoms with E-state index in [1.54, 1.807) is 4.90 Å². The van der Waals surface area contributed by atoms with Crippen LogP contribution in [-0.4, -0.2) is 52.2 Å². The number of urea groups is 1. The van der Waals surface area contributed by atoms with Crippen LogP contribution in [0, 0.1) is 11.3 Å². The third kappa shape index (κ3) is 2.34. The summed E-state index contributed by atoms with van der Waals surface area (Å²) in [6.07, 6.45) is 5.32. The Morgan fingerprint density at radius 2 is 2.18 bits per heavy atom. The molecule has 8 heteroatoms. The molecule has 0 aromatic carbocycles. The predicted octanol–water partition coefficient (Wildman–Crippen LogP) is 1.20. The minimum Gasteiger partial charge on any atom is -0.494 e. The summed E-state index contributed by atoms with van der Waals surface area (Å²) in [5.41, 5.74) is -0.780. The smallest absolute Gasteiger partial charge is 0.324 e. The van der Waals surface area contributed by atoms with Gasteiger partial charge in [0.15, 0.2) is 5.75 Å². The largest absolute Gasteiger partial charge is 0.494 e. The lowest BCUT2D eigenvalue weighted by molar-refractivity contribution is -0.149. The highest BCUT2D eigenvalue weighted by Crippen LogP contribution is 2.48. The molecular weight excluding hydrogens is 288 g/mol. The first kappa shape index (κ1) is 14.6. The van der Waals surface area contributed by atoms with Gasteiger partial charge in [0.25, 0.3) is 0 Å². The number of anilines is 1. The lowest BCUT2D eigenvalue weighted by Gasteiger charge is -2.23. The molecule has 2 atom stereocenters. The third-order valence-electron chi connectivity index (χ3n) is 4.67. The Hall–Kier alpha value is -2.38. The fourth-order valence-corrected chi connectivity index (χ4v) is 3.45. The average molecular weight is 306 g/mol. The van der Waals surface area contributed by atoms with Crippen molar-refractivity contribution >= 4 is 17.9 Å². The van der Waals surface area contributed by atoms with Crippen LogP contribution in [0.1, 0.15) is 19.3 Å². The van der Waals surface area contributed by atoms with Crippen molar-refractivity contribution in [2.75, 3.05) is 25.5 Å². The summed E-state index contributed by atoms with van der Waals surface area (Å²) in [7, 11) is 1.51. The summed E-state index contributed by atoms with van der Waals surface area (Å²) in [6, 6.07) is -0.361. The molecule has 0 unspecified atom stereocenters. The molecule has 1 saturated heterocycles. The summed E-state index contributed by atoms with van der Waals surface area (Å²) in [5.74, 6) is -0.0932. The van der Waals surface area contributed by atoms with Crippen LogP contribution in [0.15, 0.2) is 12.4 Å². The molecule has 8 nitrogen and oxygen atoms in total. The number of fused-ring (bicyclic) bond motifs is 1. The number of methoxy groups -OCH3 is 1. The van der Waals surface area contributed by atoms with Crippen LogP contribution in [0.5, 0.6) is 5.75 Å². The van der Waals surface area contributed by atoms with Gasteiger partial charge in [-0.2, -0.15) is 0 Å². The van der Waals surface area contributed by atoms with Gasteiger partial charge in [0.05, 0.1) is 24.9 Å². The molecule has 2 heterocycles. The molecule has 1 aliphatic heterocycles. The molecule has 3 rings (SSSR count). The van der Waals surface area contributed by atoms with Gasteiger partial charge in [-0.05, 0) is 18.8 Å². The van der Waals surface area contributed by atoms with Crippen LogP contribution in [0.3, 0.4) is 0 Å². The van der Waals surface area contributed by atoms with Gasteiger partial charge >= 0.3 is 12.0 Å². The van der Waals surface area contributed by atoms with Crippen LogP contribution in [0.25, 0.3) is 0 Å². The second-order valence-corrected chi connectivity index (χ2v) is 5.81. The molecule has 1 aromatic heterocycles. The number of ether oxygens (including phenoxy) is 1. The highest BCUT2D eigenvalue weighted by atomic mass is 16.5. The Bertz CT molecular complexity index is 591. The fourth-order valence-electron chi connectivity index (χ4n) is 3.45. The topological polar surface area (TPSA) is 105 Å². The van der Waals surface area contributed by atoms with E-state index in [0.29, 0.717) is 18.7 Å². The molecule has 2 fully saturated rings. The highest BCUT2D eigenvalue weighted by molar-refractivity contribution is 5.89. The normalized spacial score (nSPS) is 26.6. The van der Waals surface area contributed by atoms with Gasteiger partial charge in [0.2, 0.25) is 5.95 Å². The first-order valence-electron chi connectivity index (χ1n) is 7.20. The van der Waals surface area contributed by atoms with Crippen LogP contribution in [-0.2, 0) is 4.79 Å². The summed E-state index contributed by atoms with van der Waals surface area (Å²) in [6.45, 7) is 0.712. The predicted molar refractivity (Wildman–Crippen MR) is 76.6 cm³/mol. The molecular formula is C14H18N4O4. The first-order chi connectivity index (χ1) is 10.5. The Morgan fingerprint density at radius 1 is 1.45 bits per heavy atom. The van der Waals surface area contributed by atoms with Crippen molar-refractivity contribution in [3.8, 4) is 5.75 Å². The number of rotatable bonds is 3. The minimum absolute atomic E-state index is 0.0348. The number of likely N-dealkylation sites (tertiary alicyclic amines) is 1. The van der Waals surface area contributed by atoms with Gasteiger partial charge in [-0.25, -0.2) is 14.8 Å². The van der Waals surface area contributed by atoms with Gasteiger partial charge in [0, 0.05) is 13.1 Å². The van der Waals surface area contributed by atoms with Gasteiger partial charge < -0.3 is 14.7 Å². The highest BCUT2D eigenvalue weighted by Gasteiger charge is 2.55. The number of amides is 2. The number of aliphatic carboxylic acids is 1. The Morgan fingerprint density at radius 3 is 2.77 bits per heavy atom. The number of nitrogens with one attached hydrogen (secondary N) is 1. The van der Waals surface area contributed by atoms with E-state index in [2.05, 4.69) is 15.3 Å². The number of hydrogen-bond donors (Lipinski definition) is 2. The molecule has 2 N–H and O–H groups in total. The zero-order valence-electron chi connectivity index (χ0n) is 12.3. The van der Waals surface area contributed by atoms with Crippen molar-refractivity contribution in [2.24, 2.45) is 11.3 Å². The molecule has 1 saturated carbocycles.